The molecule has 0 heterocycles. The van der Waals surface area contributed by atoms with Gasteiger partial charge in [-0.2, -0.15) is 0 Å². The van der Waals surface area contributed by atoms with Gasteiger partial charge in [-0.3, -0.25) is 9.59 Å². The fourth-order valence-electron chi connectivity index (χ4n) is 5.88. The summed E-state index contributed by atoms with van der Waals surface area (Å²) in [7, 11) is 0. The zero-order valence-corrected chi connectivity index (χ0v) is 12.4. The highest BCUT2D eigenvalue weighted by Crippen LogP contribution is 2.59. The van der Waals surface area contributed by atoms with Crippen LogP contribution in [-0.2, 0) is 9.59 Å². The summed E-state index contributed by atoms with van der Waals surface area (Å²) in [5.74, 6) is 3.70. The Kier molecular flexibility index (Phi) is 2.74. The molecule has 0 N–H and O–H groups in total. The molecular formula is C18H24O2. The molecule has 3 saturated carbocycles. The fraction of sp³-hybridized carbons (Fsp3) is 0.778. The van der Waals surface area contributed by atoms with Gasteiger partial charge in [0.15, 0.2) is 0 Å². The molecule has 0 spiro atoms. The van der Waals surface area contributed by atoms with E-state index < -0.39 is 0 Å². The Morgan fingerprint density at radius 2 is 1.95 bits per heavy atom. The molecule has 4 rings (SSSR count). The number of hydrogen-bond acceptors (Lipinski definition) is 2. The van der Waals surface area contributed by atoms with Gasteiger partial charge in [0.1, 0.15) is 11.6 Å². The van der Waals surface area contributed by atoms with Gasteiger partial charge in [0, 0.05) is 24.7 Å². The number of carbonyl (C=O) groups excluding carboxylic acids is 2. The van der Waals surface area contributed by atoms with Crippen molar-refractivity contribution in [2.45, 2.75) is 58.3 Å². The van der Waals surface area contributed by atoms with Gasteiger partial charge >= 0.3 is 0 Å². The van der Waals surface area contributed by atoms with E-state index in [-0.39, 0.29) is 5.41 Å². The molecule has 108 valence electrons. The molecule has 0 aliphatic heterocycles. The highest BCUT2D eigenvalue weighted by molar-refractivity contribution is 5.87. The number of Topliss-reactive ketones (excluding diaryl/α,β-unsaturated/α-hetero) is 2. The Hall–Kier alpha value is -0.920. The summed E-state index contributed by atoms with van der Waals surface area (Å²) in [5.41, 5.74) is 1.42. The molecule has 0 amide bonds. The molecule has 0 aromatic heterocycles. The maximum Gasteiger partial charge on any atom is 0.139 e. The molecule has 0 bridgehead atoms. The van der Waals surface area contributed by atoms with Crippen LogP contribution < -0.4 is 0 Å². The van der Waals surface area contributed by atoms with Crippen molar-refractivity contribution in [3.05, 3.63) is 11.6 Å². The van der Waals surface area contributed by atoms with Crippen molar-refractivity contribution in [1.29, 1.82) is 0 Å². The van der Waals surface area contributed by atoms with E-state index in [1.165, 1.54) is 12.0 Å². The minimum atomic E-state index is -0.0169. The average Bonchev–Trinajstić information content (AvgIpc) is 2.74. The second-order valence-electron chi connectivity index (χ2n) is 7.73. The minimum absolute atomic E-state index is 0.0169. The first-order valence-electron chi connectivity index (χ1n) is 8.33. The molecule has 4 aliphatic carbocycles. The molecule has 3 unspecified atom stereocenters. The molecule has 2 heteroatoms. The standard InChI is InChI=1S/C18H24O2/c1-18-9-8-14-13-5-3-12(19)10-11(13)2-4-15(14)16(18)6-7-17(18)20/h2,13-16H,3-10H2,1H3/t13-,14?,15?,16?,18-/m0/s1. The van der Waals surface area contributed by atoms with Crippen LogP contribution in [0.4, 0.5) is 0 Å². The molecule has 2 nitrogen and oxygen atoms in total. The Balaban J connectivity index is 1.65. The molecule has 0 saturated heterocycles. The van der Waals surface area contributed by atoms with Crippen LogP contribution in [0.2, 0.25) is 0 Å². The van der Waals surface area contributed by atoms with Gasteiger partial charge in [0.25, 0.3) is 0 Å². The van der Waals surface area contributed by atoms with E-state index in [0.717, 1.165) is 50.9 Å². The first-order valence-corrected chi connectivity index (χ1v) is 8.33. The Morgan fingerprint density at radius 1 is 1.10 bits per heavy atom. The number of hydrogen-bond donors (Lipinski definition) is 0. The van der Waals surface area contributed by atoms with Crippen molar-refractivity contribution >= 4 is 11.6 Å². The summed E-state index contributed by atoms with van der Waals surface area (Å²) in [6.07, 6.45) is 10.3. The molecule has 3 fully saturated rings. The smallest absolute Gasteiger partial charge is 0.139 e. The molecule has 20 heavy (non-hydrogen) atoms. The van der Waals surface area contributed by atoms with Crippen molar-refractivity contribution in [2.75, 3.05) is 0 Å². The maximum atomic E-state index is 12.3. The van der Waals surface area contributed by atoms with E-state index >= 15 is 0 Å². The van der Waals surface area contributed by atoms with Gasteiger partial charge in [0.2, 0.25) is 0 Å². The molecule has 0 radical (unpaired) electrons. The third-order valence-corrected chi connectivity index (χ3v) is 6.98. The first-order chi connectivity index (χ1) is 9.59. The van der Waals surface area contributed by atoms with Crippen molar-refractivity contribution in [2.24, 2.45) is 29.1 Å². The second kappa shape index (κ2) is 4.29. The van der Waals surface area contributed by atoms with E-state index in [4.69, 9.17) is 0 Å². The summed E-state index contributed by atoms with van der Waals surface area (Å²) in [4.78, 5) is 23.9. The van der Waals surface area contributed by atoms with Crippen LogP contribution in [0.5, 0.6) is 0 Å². The van der Waals surface area contributed by atoms with E-state index in [9.17, 15) is 9.59 Å². The Bertz CT molecular complexity index is 504. The number of rotatable bonds is 0. The molecule has 0 aromatic carbocycles. The van der Waals surface area contributed by atoms with Gasteiger partial charge in [-0.05, 0) is 55.8 Å². The van der Waals surface area contributed by atoms with Gasteiger partial charge in [-0.25, -0.2) is 0 Å². The molecule has 0 aromatic rings. The summed E-state index contributed by atoms with van der Waals surface area (Å²) in [6.45, 7) is 2.23. The Morgan fingerprint density at radius 3 is 2.80 bits per heavy atom. The third-order valence-electron chi connectivity index (χ3n) is 6.98. The van der Waals surface area contributed by atoms with Crippen molar-refractivity contribution in [1.82, 2.24) is 0 Å². The lowest BCUT2D eigenvalue weighted by atomic mass is 9.53. The SMILES string of the molecule is C[C@]12CCC3C(CC=C4CC(=O)CC[C@@H]43)C1CCC2=O. The van der Waals surface area contributed by atoms with Crippen LogP contribution in [0.15, 0.2) is 11.6 Å². The lowest BCUT2D eigenvalue weighted by Crippen LogP contribution is -2.46. The van der Waals surface area contributed by atoms with E-state index in [2.05, 4.69) is 13.0 Å². The third kappa shape index (κ3) is 1.63. The number of ketones is 2. The lowest BCUT2D eigenvalue weighted by molar-refractivity contribution is -0.130. The second-order valence-corrected chi connectivity index (χ2v) is 7.73. The van der Waals surface area contributed by atoms with Crippen LogP contribution in [0.1, 0.15) is 58.3 Å². The zero-order valence-electron chi connectivity index (χ0n) is 12.4. The summed E-state index contributed by atoms with van der Waals surface area (Å²) in [6, 6.07) is 0. The molecule has 4 aliphatic rings. The van der Waals surface area contributed by atoms with Crippen LogP contribution >= 0.6 is 0 Å². The van der Waals surface area contributed by atoms with Gasteiger partial charge in [-0.15, -0.1) is 0 Å². The summed E-state index contributed by atoms with van der Waals surface area (Å²) < 4.78 is 0. The first kappa shape index (κ1) is 12.8. The summed E-state index contributed by atoms with van der Waals surface area (Å²) >= 11 is 0. The number of allylic oxidation sites excluding steroid dienone is 2. The van der Waals surface area contributed by atoms with Crippen molar-refractivity contribution in [3.63, 3.8) is 0 Å². The molecule has 5 atom stereocenters. The maximum absolute atomic E-state index is 12.3. The van der Waals surface area contributed by atoms with Crippen LogP contribution in [0.25, 0.3) is 0 Å². The Labute approximate surface area is 121 Å². The topological polar surface area (TPSA) is 34.1 Å². The summed E-state index contributed by atoms with van der Waals surface area (Å²) in [5, 5.41) is 0. The monoisotopic (exact) mass is 272 g/mol. The van der Waals surface area contributed by atoms with Crippen molar-refractivity contribution in [3.8, 4) is 0 Å². The van der Waals surface area contributed by atoms with Gasteiger partial charge < -0.3 is 0 Å². The predicted octanol–water partition coefficient (Wildman–Crippen LogP) is 3.70. The minimum Gasteiger partial charge on any atom is -0.299 e. The quantitative estimate of drug-likeness (QED) is 0.630. The highest BCUT2D eigenvalue weighted by Gasteiger charge is 2.55. The lowest BCUT2D eigenvalue weighted by Gasteiger charge is -2.51. The number of fused-ring (bicyclic) bond motifs is 5. The van der Waals surface area contributed by atoms with Gasteiger partial charge in [0.05, 0.1) is 0 Å². The fourth-order valence-corrected chi connectivity index (χ4v) is 5.88. The molecular weight excluding hydrogens is 248 g/mol. The van der Waals surface area contributed by atoms with Crippen LogP contribution in [0.3, 0.4) is 0 Å². The predicted molar refractivity (Wildman–Crippen MR) is 77.1 cm³/mol. The van der Waals surface area contributed by atoms with Crippen LogP contribution in [0, 0.1) is 29.1 Å². The average molecular weight is 272 g/mol. The van der Waals surface area contributed by atoms with E-state index in [0.29, 0.717) is 29.3 Å². The highest BCUT2D eigenvalue weighted by atomic mass is 16.1. The van der Waals surface area contributed by atoms with E-state index in [1.54, 1.807) is 0 Å². The zero-order chi connectivity index (χ0) is 13.9. The van der Waals surface area contributed by atoms with E-state index in [1.807, 2.05) is 0 Å². The number of carbonyl (C=O) groups is 2. The normalized spacial score (nSPS) is 47.4. The largest absolute Gasteiger partial charge is 0.299 e. The van der Waals surface area contributed by atoms with Crippen LogP contribution in [-0.4, -0.2) is 11.6 Å². The van der Waals surface area contributed by atoms with Gasteiger partial charge in [-0.1, -0.05) is 18.6 Å². The van der Waals surface area contributed by atoms with Crippen molar-refractivity contribution < 1.29 is 9.59 Å².